The molecule has 0 bridgehead atoms. The molecule has 2 rings (SSSR count). The second kappa shape index (κ2) is 3.31. The van der Waals surface area contributed by atoms with Gasteiger partial charge in [-0.1, -0.05) is 6.07 Å². The van der Waals surface area contributed by atoms with Crippen LogP contribution < -0.4 is 0 Å². The summed E-state index contributed by atoms with van der Waals surface area (Å²) in [5.74, 6) is -1.41. The topological polar surface area (TPSA) is 57.5 Å². The lowest BCUT2D eigenvalue weighted by Gasteiger charge is -2.22. The zero-order chi connectivity index (χ0) is 11.1. The number of aliphatic carboxylic acids is 1. The summed E-state index contributed by atoms with van der Waals surface area (Å²) in [5, 5.41) is 18.4. The highest BCUT2D eigenvalue weighted by molar-refractivity contribution is 5.83. The monoisotopic (exact) mass is 210 g/mol. The molecular formula is C11H11FO3. The third-order valence-electron chi connectivity index (χ3n) is 3.08. The van der Waals surface area contributed by atoms with E-state index >= 15 is 0 Å². The van der Waals surface area contributed by atoms with Crippen LogP contribution in [-0.2, 0) is 16.6 Å². The number of aryl methyl sites for hydroxylation is 1. The molecule has 0 heterocycles. The number of aliphatic hydroxyl groups excluding tert-OH is 1. The van der Waals surface area contributed by atoms with Crippen LogP contribution in [0, 0.1) is 5.82 Å². The summed E-state index contributed by atoms with van der Waals surface area (Å²) in [4.78, 5) is 11.1. The lowest BCUT2D eigenvalue weighted by Crippen LogP contribution is -2.37. The number of hydrogen-bond donors (Lipinski definition) is 2. The number of halogens is 1. The van der Waals surface area contributed by atoms with Crippen LogP contribution in [0.4, 0.5) is 4.39 Å². The molecule has 4 heteroatoms. The van der Waals surface area contributed by atoms with Gasteiger partial charge in [-0.15, -0.1) is 0 Å². The smallest absolute Gasteiger partial charge is 0.316 e. The Kier molecular flexibility index (Phi) is 2.23. The predicted octanol–water partition coefficient (Wildman–Crippen LogP) is 1.09. The second-order valence-corrected chi connectivity index (χ2v) is 3.85. The summed E-state index contributed by atoms with van der Waals surface area (Å²) >= 11 is 0. The van der Waals surface area contributed by atoms with Gasteiger partial charge in [0.1, 0.15) is 11.2 Å². The molecule has 80 valence electrons. The molecule has 2 N–H and O–H groups in total. The zero-order valence-electron chi connectivity index (χ0n) is 8.03. The molecule has 0 radical (unpaired) electrons. The molecule has 0 aromatic heterocycles. The first-order valence-corrected chi connectivity index (χ1v) is 4.73. The van der Waals surface area contributed by atoms with E-state index in [1.807, 2.05) is 0 Å². The van der Waals surface area contributed by atoms with E-state index in [0.717, 1.165) is 0 Å². The molecule has 1 unspecified atom stereocenters. The van der Waals surface area contributed by atoms with Crippen molar-refractivity contribution in [3.63, 3.8) is 0 Å². The first-order chi connectivity index (χ1) is 7.10. The van der Waals surface area contributed by atoms with Crippen molar-refractivity contribution in [2.24, 2.45) is 0 Å². The van der Waals surface area contributed by atoms with Crippen molar-refractivity contribution in [3.8, 4) is 0 Å². The summed E-state index contributed by atoms with van der Waals surface area (Å²) < 4.78 is 12.9. The van der Waals surface area contributed by atoms with Gasteiger partial charge >= 0.3 is 5.97 Å². The average Bonchev–Trinajstić information content (AvgIpc) is 2.56. The molecular weight excluding hydrogens is 199 g/mol. The van der Waals surface area contributed by atoms with Gasteiger partial charge in [-0.3, -0.25) is 4.79 Å². The Morgan fingerprint density at radius 3 is 2.87 bits per heavy atom. The van der Waals surface area contributed by atoms with Gasteiger partial charge in [-0.25, -0.2) is 4.39 Å². The zero-order valence-corrected chi connectivity index (χ0v) is 8.03. The third kappa shape index (κ3) is 1.33. The van der Waals surface area contributed by atoms with Crippen molar-refractivity contribution < 1.29 is 19.4 Å². The van der Waals surface area contributed by atoms with E-state index < -0.39 is 18.0 Å². The maximum absolute atomic E-state index is 12.9. The van der Waals surface area contributed by atoms with Gasteiger partial charge in [0.05, 0.1) is 6.61 Å². The van der Waals surface area contributed by atoms with Gasteiger partial charge in [0.2, 0.25) is 0 Å². The fraction of sp³-hybridized carbons (Fsp3) is 0.364. The van der Waals surface area contributed by atoms with Gasteiger partial charge in [0.15, 0.2) is 0 Å². The molecule has 1 aliphatic rings. The fourth-order valence-corrected chi connectivity index (χ4v) is 2.17. The van der Waals surface area contributed by atoms with E-state index in [1.54, 1.807) is 0 Å². The SMILES string of the molecule is O=C(O)C1(CO)CCc2cc(F)ccc21. The molecule has 1 aromatic rings. The van der Waals surface area contributed by atoms with Gasteiger partial charge in [0, 0.05) is 0 Å². The Morgan fingerprint density at radius 1 is 1.53 bits per heavy atom. The predicted molar refractivity (Wildman–Crippen MR) is 51.1 cm³/mol. The number of carboxylic acid groups (broad SMARTS) is 1. The molecule has 1 atom stereocenters. The normalized spacial score (nSPS) is 23.9. The van der Waals surface area contributed by atoms with Crippen LogP contribution in [0.2, 0.25) is 0 Å². The van der Waals surface area contributed by atoms with E-state index in [9.17, 15) is 14.3 Å². The number of carboxylic acids is 1. The summed E-state index contributed by atoms with van der Waals surface area (Å²) in [6.45, 7) is -0.443. The number of hydrogen-bond acceptors (Lipinski definition) is 2. The summed E-state index contributed by atoms with van der Waals surface area (Å²) in [6, 6.07) is 4.04. The van der Waals surface area contributed by atoms with Crippen molar-refractivity contribution in [2.45, 2.75) is 18.3 Å². The van der Waals surface area contributed by atoms with E-state index in [4.69, 9.17) is 5.11 Å². The highest BCUT2D eigenvalue weighted by Gasteiger charge is 2.45. The van der Waals surface area contributed by atoms with E-state index in [0.29, 0.717) is 24.0 Å². The summed E-state index contributed by atoms with van der Waals surface area (Å²) in [6.07, 6.45) is 0.831. The summed E-state index contributed by atoms with van der Waals surface area (Å²) in [7, 11) is 0. The largest absolute Gasteiger partial charge is 0.481 e. The molecule has 3 nitrogen and oxygen atoms in total. The fourth-order valence-electron chi connectivity index (χ4n) is 2.17. The van der Waals surface area contributed by atoms with Crippen LogP contribution in [0.5, 0.6) is 0 Å². The number of benzene rings is 1. The highest BCUT2D eigenvalue weighted by Crippen LogP contribution is 2.39. The number of aliphatic hydroxyl groups is 1. The molecule has 0 aliphatic heterocycles. The van der Waals surface area contributed by atoms with Crippen LogP contribution in [0.1, 0.15) is 17.5 Å². The maximum Gasteiger partial charge on any atom is 0.316 e. The van der Waals surface area contributed by atoms with E-state index in [1.165, 1.54) is 18.2 Å². The minimum atomic E-state index is -1.23. The van der Waals surface area contributed by atoms with Crippen molar-refractivity contribution in [3.05, 3.63) is 35.1 Å². The average molecular weight is 210 g/mol. The van der Waals surface area contributed by atoms with Gasteiger partial charge < -0.3 is 10.2 Å². The molecule has 1 aromatic carbocycles. The number of carbonyl (C=O) groups is 1. The number of fused-ring (bicyclic) bond motifs is 1. The van der Waals surface area contributed by atoms with Crippen molar-refractivity contribution in [1.82, 2.24) is 0 Å². The Bertz CT molecular complexity index is 416. The standard InChI is InChI=1S/C11H11FO3/c12-8-1-2-9-7(5-8)3-4-11(9,6-13)10(14)15/h1-2,5,13H,3-4,6H2,(H,14,15). The third-order valence-corrected chi connectivity index (χ3v) is 3.08. The summed E-state index contributed by atoms with van der Waals surface area (Å²) in [5.41, 5.74) is -0.00593. The first kappa shape index (κ1) is 10.1. The highest BCUT2D eigenvalue weighted by atomic mass is 19.1. The van der Waals surface area contributed by atoms with Gasteiger partial charge in [0.25, 0.3) is 0 Å². The minimum absolute atomic E-state index is 0.331. The maximum atomic E-state index is 12.9. The second-order valence-electron chi connectivity index (χ2n) is 3.85. The number of rotatable bonds is 2. The molecule has 15 heavy (non-hydrogen) atoms. The Hall–Kier alpha value is -1.42. The molecule has 0 amide bonds. The molecule has 0 spiro atoms. The molecule has 0 saturated heterocycles. The quantitative estimate of drug-likeness (QED) is 0.768. The Morgan fingerprint density at radius 2 is 2.27 bits per heavy atom. The van der Waals surface area contributed by atoms with Crippen molar-refractivity contribution in [2.75, 3.05) is 6.61 Å². The minimum Gasteiger partial charge on any atom is -0.481 e. The van der Waals surface area contributed by atoms with Gasteiger partial charge in [-0.05, 0) is 36.1 Å². The van der Waals surface area contributed by atoms with Crippen molar-refractivity contribution in [1.29, 1.82) is 0 Å². The van der Waals surface area contributed by atoms with Gasteiger partial charge in [-0.2, -0.15) is 0 Å². The van der Waals surface area contributed by atoms with E-state index in [-0.39, 0.29) is 5.82 Å². The Balaban J connectivity index is 2.56. The molecule has 0 saturated carbocycles. The van der Waals surface area contributed by atoms with Crippen LogP contribution in [0.3, 0.4) is 0 Å². The lowest BCUT2D eigenvalue weighted by atomic mass is 9.83. The Labute approximate surface area is 86.2 Å². The molecule has 0 fully saturated rings. The van der Waals surface area contributed by atoms with Crippen molar-refractivity contribution >= 4 is 5.97 Å². The first-order valence-electron chi connectivity index (χ1n) is 4.73. The van der Waals surface area contributed by atoms with E-state index in [2.05, 4.69) is 0 Å². The lowest BCUT2D eigenvalue weighted by molar-refractivity contribution is -0.145. The van der Waals surface area contributed by atoms with Crippen LogP contribution >= 0.6 is 0 Å². The van der Waals surface area contributed by atoms with Crippen LogP contribution in [-0.4, -0.2) is 22.8 Å². The van der Waals surface area contributed by atoms with Crippen LogP contribution in [0.15, 0.2) is 18.2 Å². The van der Waals surface area contributed by atoms with Crippen LogP contribution in [0.25, 0.3) is 0 Å². The molecule has 1 aliphatic carbocycles.